The highest BCUT2D eigenvalue weighted by molar-refractivity contribution is 5.43. The monoisotopic (exact) mass is 293 g/mol. The topological polar surface area (TPSA) is 58.4 Å². The average molecular weight is 293 g/mol. The van der Waals surface area contributed by atoms with E-state index in [1.165, 1.54) is 4.68 Å². The smallest absolute Gasteiger partial charge is 0.268 e. The van der Waals surface area contributed by atoms with Crippen molar-refractivity contribution in [2.24, 2.45) is 11.3 Å². The Kier molecular flexibility index (Phi) is 4.71. The van der Waals surface area contributed by atoms with Crippen molar-refractivity contribution in [1.82, 2.24) is 9.78 Å². The van der Waals surface area contributed by atoms with Crippen LogP contribution in [0.5, 0.6) is 0 Å². The molecule has 0 saturated carbocycles. The zero-order valence-corrected chi connectivity index (χ0v) is 13.5. The lowest BCUT2D eigenvalue weighted by Crippen LogP contribution is -2.37. The van der Waals surface area contributed by atoms with Crippen molar-refractivity contribution in [1.29, 1.82) is 0 Å². The van der Waals surface area contributed by atoms with Crippen LogP contribution < -0.4 is 10.5 Å². The maximum absolute atomic E-state index is 12.2. The summed E-state index contributed by atoms with van der Waals surface area (Å²) in [7, 11) is 0. The summed E-state index contributed by atoms with van der Waals surface area (Å²) in [5, 5.41) is 14.3. The van der Waals surface area contributed by atoms with Gasteiger partial charge in [0.1, 0.15) is 0 Å². The second-order valence-corrected chi connectivity index (χ2v) is 7.29. The minimum Gasteiger partial charge on any atom is -0.391 e. The lowest BCUT2D eigenvalue weighted by molar-refractivity contribution is 0.0438. The highest BCUT2D eigenvalue weighted by atomic mass is 16.3. The molecule has 5 heteroatoms. The van der Waals surface area contributed by atoms with E-state index in [1.54, 1.807) is 12.3 Å². The normalized spacial score (nSPS) is 18.8. The molecule has 2 heterocycles. The number of nitrogens with zero attached hydrogens (tertiary/aromatic N) is 3. The molecule has 0 spiro atoms. The molecule has 1 fully saturated rings. The van der Waals surface area contributed by atoms with Crippen molar-refractivity contribution in [3.8, 4) is 0 Å². The summed E-state index contributed by atoms with van der Waals surface area (Å²) in [6.07, 6.45) is 3.47. The van der Waals surface area contributed by atoms with Crippen molar-refractivity contribution < 1.29 is 5.11 Å². The molecule has 0 radical (unpaired) electrons. The molecular weight excluding hydrogens is 266 g/mol. The number of aliphatic hydroxyl groups excluding tert-OH is 1. The highest BCUT2D eigenvalue weighted by Crippen LogP contribution is 2.22. The number of aliphatic hydroxyl groups is 1. The summed E-state index contributed by atoms with van der Waals surface area (Å²) in [6, 6.07) is 1.64. The van der Waals surface area contributed by atoms with E-state index in [9.17, 15) is 9.90 Å². The Morgan fingerprint density at radius 2 is 2.00 bits per heavy atom. The van der Waals surface area contributed by atoms with Gasteiger partial charge in [-0.1, -0.05) is 27.7 Å². The van der Waals surface area contributed by atoms with Gasteiger partial charge in [0, 0.05) is 19.2 Å². The molecule has 118 valence electrons. The van der Waals surface area contributed by atoms with Crippen molar-refractivity contribution in [2.75, 3.05) is 18.0 Å². The van der Waals surface area contributed by atoms with Gasteiger partial charge in [0.15, 0.2) is 0 Å². The Bertz CT molecular complexity index is 525. The number of hydrogen-bond acceptors (Lipinski definition) is 4. The van der Waals surface area contributed by atoms with E-state index in [1.807, 2.05) is 20.8 Å². The van der Waals surface area contributed by atoms with Crippen molar-refractivity contribution in [3.05, 3.63) is 22.6 Å². The van der Waals surface area contributed by atoms with Crippen LogP contribution >= 0.6 is 0 Å². The summed E-state index contributed by atoms with van der Waals surface area (Å²) in [6.45, 7) is 10.3. The molecule has 21 heavy (non-hydrogen) atoms. The van der Waals surface area contributed by atoms with Gasteiger partial charge in [-0.2, -0.15) is 5.10 Å². The van der Waals surface area contributed by atoms with Crippen LogP contribution in [0.25, 0.3) is 0 Å². The van der Waals surface area contributed by atoms with Gasteiger partial charge in [-0.3, -0.25) is 4.79 Å². The third kappa shape index (κ3) is 4.06. The molecule has 0 aliphatic carbocycles. The van der Waals surface area contributed by atoms with Crippen LogP contribution in [0.2, 0.25) is 0 Å². The van der Waals surface area contributed by atoms with Crippen LogP contribution in [0.1, 0.15) is 40.5 Å². The fourth-order valence-corrected chi connectivity index (χ4v) is 2.44. The molecule has 1 aromatic heterocycles. The maximum Gasteiger partial charge on any atom is 0.268 e. The van der Waals surface area contributed by atoms with E-state index >= 15 is 0 Å². The van der Waals surface area contributed by atoms with Gasteiger partial charge in [-0.05, 0) is 24.2 Å². The first kappa shape index (κ1) is 16.0. The van der Waals surface area contributed by atoms with Crippen molar-refractivity contribution >= 4 is 5.69 Å². The molecule has 0 bridgehead atoms. The molecular formula is C16H27N3O2. The van der Waals surface area contributed by atoms with E-state index in [0.717, 1.165) is 37.5 Å². The van der Waals surface area contributed by atoms with Crippen molar-refractivity contribution in [3.63, 3.8) is 0 Å². The molecule has 1 aliphatic heterocycles. The number of hydrogen-bond donors (Lipinski definition) is 1. The predicted octanol–water partition coefficient (Wildman–Crippen LogP) is 1.89. The summed E-state index contributed by atoms with van der Waals surface area (Å²) in [5.74, 6) is 0.761. The van der Waals surface area contributed by atoms with Crippen LogP contribution in [0.15, 0.2) is 17.1 Å². The van der Waals surface area contributed by atoms with Crippen LogP contribution in [0.4, 0.5) is 5.69 Å². The molecule has 1 aliphatic rings. The van der Waals surface area contributed by atoms with E-state index in [4.69, 9.17) is 0 Å². The fourth-order valence-electron chi connectivity index (χ4n) is 2.44. The Morgan fingerprint density at radius 3 is 2.52 bits per heavy atom. The van der Waals surface area contributed by atoms with Crippen LogP contribution in [-0.4, -0.2) is 34.1 Å². The molecule has 0 aromatic carbocycles. The molecule has 5 nitrogen and oxygen atoms in total. The Balaban J connectivity index is 2.09. The Morgan fingerprint density at radius 1 is 1.38 bits per heavy atom. The van der Waals surface area contributed by atoms with E-state index < -0.39 is 6.10 Å². The first-order valence-corrected chi connectivity index (χ1v) is 7.77. The van der Waals surface area contributed by atoms with Crippen molar-refractivity contribution in [2.45, 2.75) is 53.2 Å². The van der Waals surface area contributed by atoms with Gasteiger partial charge in [-0.15, -0.1) is 0 Å². The lowest BCUT2D eigenvalue weighted by atomic mass is 9.89. The largest absolute Gasteiger partial charge is 0.391 e. The van der Waals surface area contributed by atoms with Crippen LogP contribution in [0.3, 0.4) is 0 Å². The zero-order chi connectivity index (χ0) is 15.6. The first-order chi connectivity index (χ1) is 9.77. The van der Waals surface area contributed by atoms with Gasteiger partial charge in [0.2, 0.25) is 0 Å². The quantitative estimate of drug-likeness (QED) is 0.924. The van der Waals surface area contributed by atoms with Crippen LogP contribution in [0, 0.1) is 11.3 Å². The fraction of sp³-hybridized carbons (Fsp3) is 0.750. The van der Waals surface area contributed by atoms with Gasteiger partial charge >= 0.3 is 0 Å². The lowest BCUT2D eigenvalue weighted by Gasteiger charge is -2.32. The zero-order valence-electron chi connectivity index (χ0n) is 13.5. The summed E-state index contributed by atoms with van der Waals surface area (Å²) >= 11 is 0. The first-order valence-electron chi connectivity index (χ1n) is 7.77. The van der Waals surface area contributed by atoms with Crippen LogP contribution in [-0.2, 0) is 6.54 Å². The van der Waals surface area contributed by atoms with Gasteiger partial charge in [0.25, 0.3) is 5.56 Å². The molecule has 1 saturated heterocycles. The Hall–Kier alpha value is -1.36. The number of rotatable bonds is 3. The summed E-state index contributed by atoms with van der Waals surface area (Å²) in [5.41, 5.74) is 0.492. The second kappa shape index (κ2) is 6.18. The minimum absolute atomic E-state index is 0.144. The molecule has 1 aromatic rings. The number of anilines is 1. The van der Waals surface area contributed by atoms with Gasteiger partial charge < -0.3 is 10.0 Å². The summed E-state index contributed by atoms with van der Waals surface area (Å²) in [4.78, 5) is 14.4. The van der Waals surface area contributed by atoms with E-state index in [2.05, 4.69) is 16.9 Å². The highest BCUT2D eigenvalue weighted by Gasteiger charge is 2.23. The second-order valence-electron chi connectivity index (χ2n) is 7.29. The maximum atomic E-state index is 12.2. The average Bonchev–Trinajstić information content (AvgIpc) is 2.41. The molecule has 1 atom stereocenters. The van der Waals surface area contributed by atoms with E-state index in [0.29, 0.717) is 0 Å². The number of aromatic nitrogens is 2. The summed E-state index contributed by atoms with van der Waals surface area (Å²) < 4.78 is 1.35. The van der Waals surface area contributed by atoms with E-state index in [-0.39, 0.29) is 17.5 Å². The minimum atomic E-state index is -0.593. The SMILES string of the molecule is CC1CCN(c2cnn(CC(O)C(C)(C)C)c(=O)c2)CC1. The van der Waals surface area contributed by atoms with Gasteiger partial charge in [-0.25, -0.2) is 4.68 Å². The molecule has 0 amide bonds. The standard InChI is InChI=1S/C16H27N3O2/c1-12-5-7-18(8-6-12)13-9-15(21)19(17-10-13)11-14(20)16(2,3)4/h9-10,12,14,20H,5-8,11H2,1-4H3. The third-order valence-corrected chi connectivity index (χ3v) is 4.35. The predicted molar refractivity (Wildman–Crippen MR) is 84.6 cm³/mol. The molecule has 1 unspecified atom stereocenters. The van der Waals surface area contributed by atoms with Gasteiger partial charge in [0.05, 0.1) is 24.5 Å². The Labute approximate surface area is 126 Å². The molecule has 1 N–H and O–H groups in total. The number of piperidine rings is 1. The third-order valence-electron chi connectivity index (χ3n) is 4.35. The molecule has 2 rings (SSSR count).